The molecule has 0 radical (unpaired) electrons. The molecule has 4 aliphatic rings. The van der Waals surface area contributed by atoms with Gasteiger partial charge in [-0.15, -0.1) is 0 Å². The third kappa shape index (κ3) is 11.2. The monoisotopic (exact) mass is 917 g/mol. The summed E-state index contributed by atoms with van der Waals surface area (Å²) in [6.45, 7) is 17.5. The Morgan fingerprint density at radius 3 is 2.38 bits per heavy atom. The van der Waals surface area contributed by atoms with Gasteiger partial charge in [0.05, 0.1) is 53.4 Å². The van der Waals surface area contributed by atoms with E-state index in [1.54, 1.807) is 28.5 Å². The first-order valence-corrected chi connectivity index (χ1v) is 23.6. The van der Waals surface area contributed by atoms with Crippen molar-refractivity contribution in [2.45, 2.75) is 136 Å². The Balaban J connectivity index is 0.956. The van der Waals surface area contributed by atoms with Gasteiger partial charge in [-0.1, -0.05) is 20.3 Å². The molecular formula is C49H67N5O12. The van der Waals surface area contributed by atoms with E-state index in [2.05, 4.69) is 10.2 Å². The maximum absolute atomic E-state index is 14.2. The first-order chi connectivity index (χ1) is 31.5. The van der Waals surface area contributed by atoms with E-state index < -0.39 is 23.3 Å². The van der Waals surface area contributed by atoms with Gasteiger partial charge in [0.25, 0.3) is 5.56 Å². The van der Waals surface area contributed by atoms with Crippen molar-refractivity contribution in [1.29, 1.82) is 0 Å². The van der Waals surface area contributed by atoms with E-state index in [9.17, 15) is 24.0 Å². The molecule has 2 amide bonds. The van der Waals surface area contributed by atoms with Gasteiger partial charge in [-0.3, -0.25) is 9.59 Å². The zero-order chi connectivity index (χ0) is 47.2. The van der Waals surface area contributed by atoms with Crippen molar-refractivity contribution in [2.24, 2.45) is 0 Å². The lowest BCUT2D eigenvalue weighted by Gasteiger charge is -2.39. The van der Waals surface area contributed by atoms with Crippen LogP contribution in [0.4, 0.5) is 9.59 Å². The predicted molar refractivity (Wildman–Crippen MR) is 244 cm³/mol. The number of piperidine rings is 2. The summed E-state index contributed by atoms with van der Waals surface area (Å²) in [6, 6.07) is 7.61. The minimum atomic E-state index is -1.95. The highest BCUT2D eigenvalue weighted by atomic mass is 16.7. The highest BCUT2D eigenvalue weighted by Crippen LogP contribution is 2.42. The van der Waals surface area contributed by atoms with Gasteiger partial charge >= 0.3 is 18.2 Å². The summed E-state index contributed by atoms with van der Waals surface area (Å²) in [5.41, 5.74) is 0.830. The summed E-state index contributed by atoms with van der Waals surface area (Å²) >= 11 is 0. The van der Waals surface area contributed by atoms with Crippen LogP contribution in [0.5, 0.6) is 5.75 Å². The molecule has 17 heteroatoms. The molecule has 4 aliphatic heterocycles. The molecule has 1 aromatic carbocycles. The number of carbonyl (C=O) groups excluding carboxylic acids is 4. The van der Waals surface area contributed by atoms with E-state index in [-0.39, 0.29) is 86.8 Å². The Hall–Kier alpha value is -5.10. The van der Waals surface area contributed by atoms with Crippen LogP contribution in [-0.4, -0.2) is 126 Å². The molecule has 0 aliphatic carbocycles. The topological polar surface area (TPSA) is 186 Å². The summed E-state index contributed by atoms with van der Waals surface area (Å²) < 4.78 is 41.2. The lowest BCUT2D eigenvalue weighted by atomic mass is 9.85. The van der Waals surface area contributed by atoms with Crippen LogP contribution in [0.2, 0.25) is 0 Å². The number of rotatable bonds is 17. The van der Waals surface area contributed by atoms with Gasteiger partial charge in [-0.2, -0.15) is 0 Å². The van der Waals surface area contributed by atoms with Gasteiger partial charge in [0.2, 0.25) is 11.5 Å². The van der Waals surface area contributed by atoms with Gasteiger partial charge in [0, 0.05) is 48.8 Å². The van der Waals surface area contributed by atoms with Crippen LogP contribution in [0.25, 0.3) is 22.3 Å². The van der Waals surface area contributed by atoms with Crippen molar-refractivity contribution < 1.29 is 52.3 Å². The second-order valence-electron chi connectivity index (χ2n) is 19.1. The standard InChI is InChI=1S/C49H67N5O12/c1-8-34-35-27-33(65-45(58)53-21-15-32(16-22-53)52-19-11-10-12-20-52)13-14-39(35)51-42-36(34)29-54-40(42)28-38-37(43(54)56)30-62-44(57)49(38,9-2)66-46(59)61-26-25-60-24-18-50-41(55)31-64-48(6,7)17-23-63-47(3,4)5/h13-14,27-28,32H,8-12,15-26,29-31H2,1-7H3,(H,50,55)/t49-/m0/s1. The van der Waals surface area contributed by atoms with Crippen LogP contribution in [0, 0.1) is 0 Å². The Kier molecular flexibility index (Phi) is 15.4. The minimum Gasteiger partial charge on any atom is -0.457 e. The summed E-state index contributed by atoms with van der Waals surface area (Å²) in [4.78, 5) is 76.0. The van der Waals surface area contributed by atoms with Crippen LogP contribution < -0.4 is 15.6 Å². The number of likely N-dealkylation sites (tertiary alicyclic amines) is 2. The van der Waals surface area contributed by atoms with E-state index >= 15 is 0 Å². The van der Waals surface area contributed by atoms with Crippen molar-refractivity contribution in [2.75, 3.05) is 65.8 Å². The van der Waals surface area contributed by atoms with Crippen molar-refractivity contribution in [1.82, 2.24) is 24.7 Å². The molecule has 7 rings (SSSR count). The van der Waals surface area contributed by atoms with E-state index in [0.717, 1.165) is 42.4 Å². The highest BCUT2D eigenvalue weighted by molar-refractivity contribution is 5.91. The van der Waals surface area contributed by atoms with Crippen molar-refractivity contribution in [3.8, 4) is 17.1 Å². The largest absolute Gasteiger partial charge is 0.509 e. The zero-order valence-corrected chi connectivity index (χ0v) is 39.7. The smallest absolute Gasteiger partial charge is 0.457 e. The number of aryl methyl sites for hydroxylation is 1. The van der Waals surface area contributed by atoms with E-state index in [1.807, 2.05) is 53.7 Å². The van der Waals surface area contributed by atoms with E-state index in [4.69, 9.17) is 38.1 Å². The molecule has 2 saturated heterocycles. The molecule has 17 nitrogen and oxygen atoms in total. The fourth-order valence-corrected chi connectivity index (χ4v) is 9.34. The number of pyridine rings is 2. The number of carbonyl (C=O) groups is 4. The summed E-state index contributed by atoms with van der Waals surface area (Å²) in [6.07, 6.45) is 5.37. The minimum absolute atomic E-state index is 0.00479. The van der Waals surface area contributed by atoms with Crippen LogP contribution in [0.3, 0.4) is 0 Å². The molecule has 360 valence electrons. The SMILES string of the molecule is CCc1c2c(nc3ccc(OC(=O)N4CCC(N5CCCCC5)CC4)cc13)-c1cc3c(c(=O)n1C2)COC(=O)[C@@]3(CC)OC(=O)OCCOCCNC(=O)COC(C)(C)CCOC(C)(C)C. The van der Waals surface area contributed by atoms with Gasteiger partial charge in [0.1, 0.15) is 25.6 Å². The maximum atomic E-state index is 14.2. The second kappa shape index (κ2) is 20.8. The maximum Gasteiger partial charge on any atom is 0.509 e. The number of nitrogens with zero attached hydrogens (tertiary/aromatic N) is 4. The second-order valence-corrected chi connectivity index (χ2v) is 19.1. The van der Waals surface area contributed by atoms with E-state index in [1.165, 1.54) is 19.3 Å². The summed E-state index contributed by atoms with van der Waals surface area (Å²) in [5.74, 6) is -0.685. The molecule has 66 heavy (non-hydrogen) atoms. The molecule has 1 N–H and O–H groups in total. The number of aromatic nitrogens is 2. The quantitative estimate of drug-likeness (QED) is 0.0908. The lowest BCUT2D eigenvalue weighted by molar-refractivity contribution is -0.175. The van der Waals surface area contributed by atoms with Crippen LogP contribution in [0.1, 0.15) is 116 Å². The van der Waals surface area contributed by atoms with Crippen molar-refractivity contribution in [3.05, 3.63) is 56.9 Å². The molecule has 0 saturated carbocycles. The van der Waals surface area contributed by atoms with Crippen LogP contribution in [0.15, 0.2) is 29.1 Å². The first-order valence-electron chi connectivity index (χ1n) is 23.6. The lowest BCUT2D eigenvalue weighted by Crippen LogP contribution is -2.48. The number of ether oxygens (including phenoxy) is 7. The van der Waals surface area contributed by atoms with Crippen molar-refractivity contribution in [3.63, 3.8) is 0 Å². The molecule has 2 fully saturated rings. The first kappa shape index (κ1) is 48.8. The fraction of sp³-hybridized carbons (Fsp3) is 0.633. The van der Waals surface area contributed by atoms with Gasteiger partial charge in [-0.25, -0.2) is 19.4 Å². The average molecular weight is 918 g/mol. The van der Waals surface area contributed by atoms with E-state index in [0.29, 0.717) is 61.2 Å². The highest BCUT2D eigenvalue weighted by Gasteiger charge is 2.51. The average Bonchev–Trinajstić information content (AvgIpc) is 3.66. The molecule has 0 bridgehead atoms. The molecule has 3 aromatic rings. The number of benzene rings is 1. The third-order valence-electron chi connectivity index (χ3n) is 13.0. The zero-order valence-electron chi connectivity index (χ0n) is 39.7. The molecule has 0 unspecified atom stereocenters. The van der Waals surface area contributed by atoms with Crippen LogP contribution in [-0.2, 0) is 63.2 Å². The normalized spacial score (nSPS) is 18.9. The number of amides is 2. The summed E-state index contributed by atoms with van der Waals surface area (Å²) in [7, 11) is 0. The number of cyclic esters (lactones) is 1. The Labute approximate surface area is 386 Å². The Bertz CT molecular complexity index is 2330. The molecular weight excluding hydrogens is 851 g/mol. The van der Waals surface area contributed by atoms with Crippen LogP contribution >= 0.6 is 0 Å². The molecule has 2 aromatic heterocycles. The fourth-order valence-electron chi connectivity index (χ4n) is 9.34. The Morgan fingerprint density at radius 1 is 0.909 bits per heavy atom. The van der Waals surface area contributed by atoms with Crippen molar-refractivity contribution >= 4 is 35.0 Å². The number of fused-ring (bicyclic) bond motifs is 5. The molecule has 6 heterocycles. The van der Waals surface area contributed by atoms with Gasteiger partial charge in [-0.05, 0) is 122 Å². The Morgan fingerprint density at radius 2 is 1.67 bits per heavy atom. The third-order valence-corrected chi connectivity index (χ3v) is 13.0. The van der Waals surface area contributed by atoms with Gasteiger partial charge in [0.15, 0.2) is 0 Å². The number of nitrogens with one attached hydrogen (secondary N) is 1. The number of hydrogen-bond donors (Lipinski definition) is 1. The summed E-state index contributed by atoms with van der Waals surface area (Å²) in [5, 5.41) is 3.55. The molecule has 0 spiro atoms. The number of hydrogen-bond acceptors (Lipinski definition) is 14. The van der Waals surface area contributed by atoms with Gasteiger partial charge < -0.3 is 52.8 Å². The predicted octanol–water partition coefficient (Wildman–Crippen LogP) is 6.39. The molecule has 1 atom stereocenters. The number of esters is 1.